The fraction of sp³-hybridized carbons (Fsp3) is 0.619. The molecule has 0 spiro atoms. The summed E-state index contributed by atoms with van der Waals surface area (Å²) in [5.74, 6) is 0. The maximum atomic E-state index is 14.2. The molecule has 0 unspecified atom stereocenters. The van der Waals surface area contributed by atoms with Crippen molar-refractivity contribution < 1.29 is 0 Å². The maximum absolute atomic E-state index is 14.2. The van der Waals surface area contributed by atoms with Gasteiger partial charge in [-0.15, -0.1) is 11.3 Å². The quantitative estimate of drug-likeness (QED) is 0.0766. The van der Waals surface area contributed by atoms with Crippen molar-refractivity contribution in [1.82, 2.24) is 0 Å². The number of benzene rings is 1. The first kappa shape index (κ1) is 35.6. The molecule has 1 aromatic heterocycles. The zero-order valence-corrected chi connectivity index (χ0v) is 29.9. The molecule has 2 nitrogen and oxygen atoms in total. The fourth-order valence-electron chi connectivity index (χ4n) is 7.42. The third-order valence-corrected chi connectivity index (χ3v) is 11.1. The Balaban J connectivity index is 1.52. The van der Waals surface area contributed by atoms with Gasteiger partial charge in [-0.2, -0.15) is 0 Å². The minimum atomic E-state index is 0.173. The van der Waals surface area contributed by atoms with Crippen LogP contribution in [0.5, 0.6) is 0 Å². The van der Waals surface area contributed by atoms with E-state index in [2.05, 4.69) is 45.0 Å². The first-order chi connectivity index (χ1) is 22.0. The van der Waals surface area contributed by atoms with Crippen LogP contribution in [0.4, 0.5) is 0 Å². The maximum Gasteiger partial charge on any atom is 0.195 e. The molecule has 0 aliphatic rings. The normalized spacial score (nSPS) is 11.9. The van der Waals surface area contributed by atoms with E-state index in [-0.39, 0.29) is 10.9 Å². The van der Waals surface area contributed by atoms with Crippen molar-refractivity contribution in [2.75, 3.05) is 0 Å². The van der Waals surface area contributed by atoms with Gasteiger partial charge in [0.2, 0.25) is 0 Å². The van der Waals surface area contributed by atoms with Gasteiger partial charge in [0, 0.05) is 26.1 Å². The summed E-state index contributed by atoms with van der Waals surface area (Å²) in [4.78, 5) is 30.1. The van der Waals surface area contributed by atoms with Gasteiger partial charge < -0.3 is 0 Å². The number of thiophene rings is 1. The predicted octanol–water partition coefficient (Wildman–Crippen LogP) is 12.9. The van der Waals surface area contributed by atoms with E-state index < -0.39 is 0 Å². The highest BCUT2D eigenvalue weighted by molar-refractivity contribution is 7.15. The summed E-state index contributed by atoms with van der Waals surface area (Å²) in [6, 6.07) is 8.47. The van der Waals surface area contributed by atoms with Crippen molar-refractivity contribution in [3.8, 4) is 10.4 Å². The molecule has 0 fully saturated rings. The van der Waals surface area contributed by atoms with Gasteiger partial charge in [-0.1, -0.05) is 129 Å². The minimum Gasteiger partial charge on any atom is -0.289 e. The molecule has 0 radical (unpaired) electrons. The molecule has 0 saturated carbocycles. The second-order valence-electron chi connectivity index (χ2n) is 13.9. The molecular formula is C42H60O2S. The summed E-state index contributed by atoms with van der Waals surface area (Å²) in [6.07, 6.45) is 27.7. The number of fused-ring (bicyclic) bond motifs is 2. The number of hydrogen-bond donors (Lipinski definition) is 0. The molecule has 0 saturated heterocycles. The highest BCUT2D eigenvalue weighted by atomic mass is 32.1. The van der Waals surface area contributed by atoms with Crippen LogP contribution in [0.15, 0.2) is 33.9 Å². The van der Waals surface area contributed by atoms with Crippen molar-refractivity contribution >= 4 is 32.9 Å². The number of rotatable bonds is 23. The number of aryl methyl sites for hydroxylation is 4. The standard InChI is InChI=1S/C42H60O2S/c1-5-7-9-11-13-15-17-19-21-23-25-33-35-29-31(3)41(43)39(35)34(26-24-22-20-18-16-14-12-10-8-6-2)36-30-37(42(44)40(33)36)38-28-27-32(4)45-38/h27-30H,5-26H2,1-4H3. The predicted molar refractivity (Wildman–Crippen MR) is 200 cm³/mol. The topological polar surface area (TPSA) is 34.1 Å². The largest absolute Gasteiger partial charge is 0.289 e. The SMILES string of the molecule is CCCCCCCCCCCCc1c2cc(-c3ccc(C)s3)c(=O)c2c(CCCCCCCCCCCC)c2cc(C)c(=O)c12. The van der Waals surface area contributed by atoms with E-state index in [9.17, 15) is 9.59 Å². The van der Waals surface area contributed by atoms with Gasteiger partial charge in [-0.05, 0) is 91.3 Å². The van der Waals surface area contributed by atoms with Crippen LogP contribution >= 0.6 is 11.3 Å². The van der Waals surface area contributed by atoms with Crippen LogP contribution < -0.4 is 10.9 Å². The Bertz CT molecular complexity index is 1530. The van der Waals surface area contributed by atoms with E-state index in [0.29, 0.717) is 0 Å². The third-order valence-electron chi connectivity index (χ3n) is 10.1. The van der Waals surface area contributed by atoms with Gasteiger partial charge in [0.05, 0.1) is 0 Å². The van der Waals surface area contributed by atoms with Gasteiger partial charge in [0.25, 0.3) is 0 Å². The lowest BCUT2D eigenvalue weighted by Crippen LogP contribution is -2.06. The lowest BCUT2D eigenvalue weighted by Gasteiger charge is -2.12. The van der Waals surface area contributed by atoms with Crippen LogP contribution in [-0.4, -0.2) is 0 Å². The molecule has 4 rings (SSSR count). The van der Waals surface area contributed by atoms with Crippen LogP contribution in [0.2, 0.25) is 0 Å². The second kappa shape index (κ2) is 18.8. The minimum absolute atomic E-state index is 0.173. The van der Waals surface area contributed by atoms with E-state index in [1.54, 1.807) is 11.3 Å². The molecule has 0 atom stereocenters. The van der Waals surface area contributed by atoms with E-state index >= 15 is 0 Å². The lowest BCUT2D eigenvalue weighted by molar-refractivity contribution is 0.556. The third kappa shape index (κ3) is 9.63. The Hall–Kier alpha value is -2.26. The Kier molecular flexibility index (Phi) is 14.9. The second-order valence-corrected chi connectivity index (χ2v) is 15.1. The van der Waals surface area contributed by atoms with Gasteiger partial charge in [0.15, 0.2) is 10.9 Å². The van der Waals surface area contributed by atoms with E-state index in [1.165, 1.54) is 120 Å². The van der Waals surface area contributed by atoms with Crippen LogP contribution in [0.1, 0.15) is 164 Å². The number of hydrogen-bond acceptors (Lipinski definition) is 3. The summed E-state index contributed by atoms with van der Waals surface area (Å²) < 4.78 is 0. The van der Waals surface area contributed by atoms with Crippen molar-refractivity contribution in [2.45, 2.75) is 169 Å². The van der Waals surface area contributed by atoms with Crippen molar-refractivity contribution in [3.05, 3.63) is 66.3 Å². The molecular weight excluding hydrogens is 569 g/mol. The molecule has 1 heterocycles. The first-order valence-electron chi connectivity index (χ1n) is 18.8. The molecule has 45 heavy (non-hydrogen) atoms. The van der Waals surface area contributed by atoms with Crippen LogP contribution in [-0.2, 0) is 12.8 Å². The average Bonchev–Trinajstić information content (AvgIpc) is 3.70. The van der Waals surface area contributed by atoms with Crippen LogP contribution in [0.3, 0.4) is 0 Å². The van der Waals surface area contributed by atoms with Crippen molar-refractivity contribution in [3.63, 3.8) is 0 Å². The highest BCUT2D eigenvalue weighted by Crippen LogP contribution is 2.38. The molecule has 0 bridgehead atoms. The summed E-state index contributed by atoms with van der Waals surface area (Å²) in [5, 5.41) is 3.96. The Morgan fingerprint density at radius 3 is 1.38 bits per heavy atom. The first-order valence-corrected chi connectivity index (χ1v) is 19.6. The molecule has 4 aromatic rings. The average molecular weight is 629 g/mol. The molecule has 3 heteroatoms. The summed E-state index contributed by atoms with van der Waals surface area (Å²) in [7, 11) is 0. The number of unbranched alkanes of at least 4 members (excludes halogenated alkanes) is 18. The summed E-state index contributed by atoms with van der Waals surface area (Å²) in [5.41, 5.74) is 4.29. The zero-order chi connectivity index (χ0) is 32.0. The van der Waals surface area contributed by atoms with Crippen LogP contribution in [0.25, 0.3) is 32.0 Å². The van der Waals surface area contributed by atoms with Gasteiger partial charge in [0.1, 0.15) is 0 Å². The highest BCUT2D eigenvalue weighted by Gasteiger charge is 2.23. The summed E-state index contributed by atoms with van der Waals surface area (Å²) in [6.45, 7) is 8.62. The van der Waals surface area contributed by atoms with Crippen LogP contribution in [0, 0.1) is 13.8 Å². The van der Waals surface area contributed by atoms with Gasteiger partial charge in [-0.3, -0.25) is 9.59 Å². The van der Waals surface area contributed by atoms with E-state index in [0.717, 1.165) is 74.4 Å². The zero-order valence-electron chi connectivity index (χ0n) is 29.1. The van der Waals surface area contributed by atoms with Crippen molar-refractivity contribution in [2.24, 2.45) is 0 Å². The monoisotopic (exact) mass is 628 g/mol. The Labute approximate surface area is 277 Å². The Morgan fingerprint density at radius 2 is 0.933 bits per heavy atom. The fourth-order valence-corrected chi connectivity index (χ4v) is 8.30. The molecule has 0 aliphatic heterocycles. The molecule has 0 aliphatic carbocycles. The molecule has 0 N–H and O–H groups in total. The lowest BCUT2D eigenvalue weighted by atomic mass is 9.91. The van der Waals surface area contributed by atoms with Gasteiger partial charge in [-0.25, -0.2) is 0 Å². The van der Waals surface area contributed by atoms with E-state index in [1.807, 2.05) is 6.92 Å². The molecule has 3 aromatic carbocycles. The van der Waals surface area contributed by atoms with E-state index in [4.69, 9.17) is 0 Å². The van der Waals surface area contributed by atoms with Gasteiger partial charge >= 0.3 is 0 Å². The molecule has 246 valence electrons. The molecule has 0 amide bonds. The summed E-state index contributed by atoms with van der Waals surface area (Å²) >= 11 is 1.70. The van der Waals surface area contributed by atoms with Crippen molar-refractivity contribution in [1.29, 1.82) is 0 Å². The smallest absolute Gasteiger partial charge is 0.195 e. The Morgan fingerprint density at radius 1 is 0.511 bits per heavy atom.